The molecule has 0 spiro atoms. The number of aromatic hydroxyl groups is 1. The number of phenols is 1. The summed E-state index contributed by atoms with van der Waals surface area (Å²) in [4.78, 5) is 31.3. The Labute approximate surface area is 190 Å². The molecular formula is C18H13BrF4N4O4S. The monoisotopic (exact) mass is 536 g/mol. The van der Waals surface area contributed by atoms with Gasteiger partial charge in [-0.25, -0.2) is 14.4 Å². The lowest BCUT2D eigenvalue weighted by atomic mass is 10.1. The molecule has 0 saturated carbocycles. The molecule has 1 aliphatic heterocycles. The maximum Gasteiger partial charge on any atom is 0.433 e. The zero-order chi connectivity index (χ0) is 24.0. The Balaban J connectivity index is 2.02. The van der Waals surface area contributed by atoms with Crippen molar-refractivity contribution in [2.45, 2.75) is 19.2 Å². The van der Waals surface area contributed by atoms with Gasteiger partial charge in [0.2, 0.25) is 5.95 Å². The van der Waals surface area contributed by atoms with Gasteiger partial charge < -0.3 is 15.6 Å². The van der Waals surface area contributed by atoms with Crippen LogP contribution in [-0.2, 0) is 11.0 Å². The summed E-state index contributed by atoms with van der Waals surface area (Å²) < 4.78 is 59.7. The van der Waals surface area contributed by atoms with Crippen molar-refractivity contribution < 1.29 is 37.0 Å². The van der Waals surface area contributed by atoms with Gasteiger partial charge in [0.25, 0.3) is 11.1 Å². The Morgan fingerprint density at radius 2 is 2.03 bits per heavy atom. The highest BCUT2D eigenvalue weighted by atomic mass is 79.9. The van der Waals surface area contributed by atoms with Crippen molar-refractivity contribution in [2.75, 3.05) is 12.8 Å². The molecule has 2 heterocycles. The first kappa shape index (κ1) is 23.8. The molecule has 1 aromatic carbocycles. The van der Waals surface area contributed by atoms with Gasteiger partial charge in [0, 0.05) is 18.8 Å². The highest BCUT2D eigenvalue weighted by Crippen LogP contribution is 2.42. The van der Waals surface area contributed by atoms with E-state index in [1.165, 1.54) is 20.0 Å². The van der Waals surface area contributed by atoms with E-state index in [9.17, 15) is 32.3 Å². The number of amides is 2. The van der Waals surface area contributed by atoms with E-state index in [0.29, 0.717) is 11.8 Å². The Morgan fingerprint density at radius 1 is 1.38 bits per heavy atom. The molecule has 2 aromatic rings. The molecule has 1 unspecified atom stereocenters. The van der Waals surface area contributed by atoms with E-state index in [1.54, 1.807) is 0 Å². The van der Waals surface area contributed by atoms with E-state index in [-0.39, 0.29) is 14.9 Å². The molecule has 3 N–H and O–H groups in total. The second-order valence-electron chi connectivity index (χ2n) is 6.47. The number of benzene rings is 1. The summed E-state index contributed by atoms with van der Waals surface area (Å²) in [6, 6.07) is 1.11. The number of hydrogen-bond donors (Lipinski definition) is 2. The lowest BCUT2D eigenvalue weighted by molar-refractivity contribution is -0.142. The van der Waals surface area contributed by atoms with Crippen molar-refractivity contribution in [2.24, 2.45) is 0 Å². The zero-order valence-corrected chi connectivity index (χ0v) is 18.6. The Morgan fingerprint density at radius 3 is 2.59 bits per heavy atom. The van der Waals surface area contributed by atoms with Crippen LogP contribution in [0, 0.1) is 5.82 Å². The third-order valence-electron chi connectivity index (χ3n) is 4.29. The predicted molar refractivity (Wildman–Crippen MR) is 110 cm³/mol. The van der Waals surface area contributed by atoms with Crippen LogP contribution in [0.1, 0.15) is 29.8 Å². The van der Waals surface area contributed by atoms with Crippen molar-refractivity contribution in [1.29, 1.82) is 0 Å². The number of phenolic OH excluding ortho intramolecular Hbond substituents is 1. The molecule has 32 heavy (non-hydrogen) atoms. The van der Waals surface area contributed by atoms with Crippen LogP contribution in [0.2, 0.25) is 0 Å². The summed E-state index contributed by atoms with van der Waals surface area (Å²) in [5.74, 6) is -3.89. The molecule has 1 aromatic heterocycles. The molecular weight excluding hydrogens is 524 g/mol. The van der Waals surface area contributed by atoms with Gasteiger partial charge in [-0.2, -0.15) is 13.2 Å². The second-order valence-corrected chi connectivity index (χ2v) is 8.26. The van der Waals surface area contributed by atoms with Crippen LogP contribution in [0.15, 0.2) is 21.6 Å². The standard InChI is InChI=1S/C18H13BrF4N4O4S/c1-6(8-5-25-16(24)26-14(8)18(21,22)23)31-9-3-7(11(19)12(20)13(9)28)4-10-15(29)27(2)17(30)32-10/h3-6,28H,1-2H3,(H2,24,25,26)/b10-4-. The first-order valence-corrected chi connectivity index (χ1v) is 10.2. The number of nitrogen functional groups attached to an aromatic ring is 1. The molecule has 1 atom stereocenters. The third-order valence-corrected chi connectivity index (χ3v) is 6.06. The Hall–Kier alpha value is -2.87. The summed E-state index contributed by atoms with van der Waals surface area (Å²) in [6.07, 6.45) is -4.24. The fourth-order valence-electron chi connectivity index (χ4n) is 2.68. The first-order chi connectivity index (χ1) is 14.8. The van der Waals surface area contributed by atoms with Crippen LogP contribution < -0.4 is 10.5 Å². The highest BCUT2D eigenvalue weighted by molar-refractivity contribution is 9.10. The fourth-order valence-corrected chi connectivity index (χ4v) is 3.91. The number of carbonyl (C=O) groups excluding carboxylic acids is 2. The van der Waals surface area contributed by atoms with Gasteiger partial charge in [-0.1, -0.05) is 0 Å². The fraction of sp³-hybridized carbons (Fsp3) is 0.222. The minimum absolute atomic E-state index is 0.00560. The van der Waals surface area contributed by atoms with Gasteiger partial charge >= 0.3 is 6.18 Å². The molecule has 0 bridgehead atoms. The number of aromatic nitrogens is 2. The lowest BCUT2D eigenvalue weighted by Crippen LogP contribution is -2.22. The van der Waals surface area contributed by atoms with E-state index in [2.05, 4.69) is 25.9 Å². The van der Waals surface area contributed by atoms with Crippen LogP contribution in [0.3, 0.4) is 0 Å². The van der Waals surface area contributed by atoms with Gasteiger partial charge in [0.05, 0.1) is 9.38 Å². The molecule has 14 heteroatoms. The number of rotatable bonds is 4. The summed E-state index contributed by atoms with van der Waals surface area (Å²) in [6.45, 7) is 1.21. The topological polar surface area (TPSA) is 119 Å². The average molecular weight is 537 g/mol. The van der Waals surface area contributed by atoms with Crippen LogP contribution in [0.25, 0.3) is 6.08 Å². The van der Waals surface area contributed by atoms with Gasteiger partial charge in [-0.15, -0.1) is 0 Å². The molecule has 0 aliphatic carbocycles. The number of anilines is 1. The quantitative estimate of drug-likeness (QED) is 0.433. The van der Waals surface area contributed by atoms with Gasteiger partial charge in [-0.3, -0.25) is 14.5 Å². The van der Waals surface area contributed by atoms with Crippen molar-refractivity contribution in [1.82, 2.24) is 14.9 Å². The normalized spacial score (nSPS) is 16.7. The largest absolute Gasteiger partial charge is 0.502 e. The molecule has 170 valence electrons. The van der Waals surface area contributed by atoms with Crippen molar-refractivity contribution >= 4 is 50.9 Å². The molecule has 1 fully saturated rings. The smallest absolute Gasteiger partial charge is 0.433 e. The van der Waals surface area contributed by atoms with Crippen LogP contribution in [0.4, 0.5) is 28.3 Å². The second kappa shape index (κ2) is 8.58. The molecule has 8 nitrogen and oxygen atoms in total. The molecule has 2 amide bonds. The van der Waals surface area contributed by atoms with Gasteiger partial charge in [0.1, 0.15) is 6.10 Å². The van der Waals surface area contributed by atoms with Crippen molar-refractivity contribution in [3.63, 3.8) is 0 Å². The van der Waals surface area contributed by atoms with Crippen LogP contribution in [-0.4, -0.2) is 38.2 Å². The van der Waals surface area contributed by atoms with E-state index in [4.69, 9.17) is 10.5 Å². The Kier molecular flexibility index (Phi) is 6.38. The number of carbonyl (C=O) groups is 2. The van der Waals surface area contributed by atoms with E-state index < -0.39 is 57.9 Å². The van der Waals surface area contributed by atoms with E-state index >= 15 is 0 Å². The van der Waals surface area contributed by atoms with Crippen molar-refractivity contribution in [3.05, 3.63) is 44.3 Å². The number of hydrogen-bond acceptors (Lipinski definition) is 8. The van der Waals surface area contributed by atoms with Gasteiger partial charge in [0.15, 0.2) is 23.0 Å². The lowest BCUT2D eigenvalue weighted by Gasteiger charge is -2.20. The number of halogens is 5. The summed E-state index contributed by atoms with van der Waals surface area (Å²) >= 11 is 3.56. The maximum atomic E-state index is 14.6. The summed E-state index contributed by atoms with van der Waals surface area (Å²) in [5.41, 5.74) is 3.41. The van der Waals surface area contributed by atoms with E-state index in [1.807, 2.05) is 0 Å². The predicted octanol–water partition coefficient (Wildman–Crippen LogP) is 4.49. The minimum atomic E-state index is -4.87. The highest BCUT2D eigenvalue weighted by Gasteiger charge is 2.38. The van der Waals surface area contributed by atoms with Crippen LogP contribution >= 0.6 is 27.7 Å². The molecule has 0 radical (unpaired) electrons. The zero-order valence-electron chi connectivity index (χ0n) is 16.2. The minimum Gasteiger partial charge on any atom is -0.502 e. The number of thioether (sulfide) groups is 1. The third kappa shape index (κ3) is 4.50. The summed E-state index contributed by atoms with van der Waals surface area (Å²) in [7, 11) is 1.27. The average Bonchev–Trinajstić information content (AvgIpc) is 2.95. The SMILES string of the molecule is CC(Oc1cc(/C=C2\SC(=O)N(C)C2=O)c(Br)c(F)c1O)c1cnc(N)nc1C(F)(F)F. The number of nitrogens with zero attached hydrogens (tertiary/aromatic N) is 3. The molecule has 3 rings (SSSR count). The number of nitrogens with two attached hydrogens (primary N) is 1. The summed E-state index contributed by atoms with van der Waals surface area (Å²) in [5, 5.41) is 9.57. The van der Waals surface area contributed by atoms with E-state index in [0.717, 1.165) is 17.2 Å². The number of likely N-dealkylation sites (N-methyl/N-ethyl adjacent to an activating group) is 1. The number of alkyl halides is 3. The van der Waals surface area contributed by atoms with Gasteiger partial charge in [-0.05, 0) is 52.3 Å². The number of ether oxygens (including phenoxy) is 1. The van der Waals surface area contributed by atoms with Crippen LogP contribution in [0.5, 0.6) is 11.5 Å². The van der Waals surface area contributed by atoms with Crippen molar-refractivity contribution in [3.8, 4) is 11.5 Å². The number of imide groups is 1. The molecule has 1 aliphatic rings. The molecule has 1 saturated heterocycles. The maximum absolute atomic E-state index is 14.6. The first-order valence-electron chi connectivity index (χ1n) is 8.60. The Bertz CT molecular complexity index is 1160.